The van der Waals surface area contributed by atoms with E-state index in [2.05, 4.69) is 15.4 Å². The molecule has 1 heterocycles. The van der Waals surface area contributed by atoms with Crippen LogP contribution in [0.4, 0.5) is 15.5 Å². The molecule has 2 rings (SSSR count). The van der Waals surface area contributed by atoms with E-state index in [9.17, 15) is 14.4 Å². The number of nitrogens with one attached hydrogen (secondary N) is 2. The molecule has 132 valence electrons. The standard InChI is InChI=1S/C17H19N3O4S/c1-4-24-17(23)19-15(22)13-9-10-25-16(13)18-14(21)11-5-7-12(8-6-11)20(2)3/h5-10H,4H2,1-3H3,(H,18,21)(H,19,22,23). The molecule has 2 N–H and O–H groups in total. The lowest BCUT2D eigenvalue weighted by molar-refractivity contribution is 0.0926. The van der Waals surface area contributed by atoms with Gasteiger partial charge in [-0.1, -0.05) is 0 Å². The van der Waals surface area contributed by atoms with Crippen LogP contribution in [0.3, 0.4) is 0 Å². The first-order valence-corrected chi connectivity index (χ1v) is 8.44. The van der Waals surface area contributed by atoms with Crippen molar-refractivity contribution in [3.05, 3.63) is 46.8 Å². The zero-order valence-electron chi connectivity index (χ0n) is 14.2. The summed E-state index contributed by atoms with van der Waals surface area (Å²) in [7, 11) is 3.82. The van der Waals surface area contributed by atoms with Crippen LogP contribution in [0.1, 0.15) is 27.6 Å². The van der Waals surface area contributed by atoms with Crippen molar-refractivity contribution < 1.29 is 19.1 Å². The highest BCUT2D eigenvalue weighted by molar-refractivity contribution is 7.14. The number of carbonyl (C=O) groups excluding carboxylic acids is 3. The normalized spacial score (nSPS) is 10.0. The first kappa shape index (κ1) is 18.5. The number of alkyl carbamates (subject to hydrolysis) is 1. The van der Waals surface area contributed by atoms with E-state index in [1.165, 1.54) is 17.4 Å². The van der Waals surface area contributed by atoms with E-state index >= 15 is 0 Å². The Bertz CT molecular complexity index is 768. The predicted molar refractivity (Wildman–Crippen MR) is 97.5 cm³/mol. The van der Waals surface area contributed by atoms with Gasteiger partial charge in [-0.3, -0.25) is 14.9 Å². The summed E-state index contributed by atoms with van der Waals surface area (Å²) in [6.45, 7) is 1.80. The highest BCUT2D eigenvalue weighted by atomic mass is 32.1. The topological polar surface area (TPSA) is 87.7 Å². The van der Waals surface area contributed by atoms with E-state index in [0.717, 1.165) is 5.69 Å². The predicted octanol–water partition coefficient (Wildman–Crippen LogP) is 2.95. The van der Waals surface area contributed by atoms with Crippen molar-refractivity contribution in [1.29, 1.82) is 0 Å². The second kappa shape index (κ2) is 8.29. The third kappa shape index (κ3) is 4.80. The van der Waals surface area contributed by atoms with Crippen molar-refractivity contribution in [2.75, 3.05) is 30.9 Å². The second-order valence-electron chi connectivity index (χ2n) is 5.23. The summed E-state index contributed by atoms with van der Waals surface area (Å²) in [5.41, 5.74) is 1.65. The lowest BCUT2D eigenvalue weighted by atomic mass is 10.2. The molecule has 1 aromatic carbocycles. The number of hydrogen-bond donors (Lipinski definition) is 2. The number of imide groups is 1. The number of nitrogens with zero attached hydrogens (tertiary/aromatic N) is 1. The minimum atomic E-state index is -0.824. The highest BCUT2D eigenvalue weighted by Gasteiger charge is 2.18. The van der Waals surface area contributed by atoms with E-state index in [0.29, 0.717) is 10.6 Å². The Labute approximate surface area is 149 Å². The molecule has 0 radical (unpaired) electrons. The molecule has 25 heavy (non-hydrogen) atoms. The van der Waals surface area contributed by atoms with Crippen LogP contribution in [-0.2, 0) is 4.74 Å². The van der Waals surface area contributed by atoms with Crippen LogP contribution in [0.5, 0.6) is 0 Å². The number of benzene rings is 1. The van der Waals surface area contributed by atoms with Gasteiger partial charge in [0.25, 0.3) is 11.8 Å². The van der Waals surface area contributed by atoms with Gasteiger partial charge in [-0.2, -0.15) is 0 Å². The van der Waals surface area contributed by atoms with Crippen molar-refractivity contribution in [3.63, 3.8) is 0 Å². The van der Waals surface area contributed by atoms with Gasteiger partial charge in [0.05, 0.1) is 12.2 Å². The first-order valence-electron chi connectivity index (χ1n) is 7.56. The number of rotatable bonds is 5. The molecule has 0 bridgehead atoms. The highest BCUT2D eigenvalue weighted by Crippen LogP contribution is 2.24. The van der Waals surface area contributed by atoms with Gasteiger partial charge in [-0.05, 0) is 42.6 Å². The zero-order valence-corrected chi connectivity index (χ0v) is 15.0. The summed E-state index contributed by atoms with van der Waals surface area (Å²) in [6, 6.07) is 8.60. The summed E-state index contributed by atoms with van der Waals surface area (Å²) in [5.74, 6) is -0.962. The lowest BCUT2D eigenvalue weighted by Gasteiger charge is -2.12. The van der Waals surface area contributed by atoms with Crippen LogP contribution in [-0.4, -0.2) is 38.6 Å². The van der Waals surface area contributed by atoms with E-state index in [-0.39, 0.29) is 18.1 Å². The monoisotopic (exact) mass is 361 g/mol. The van der Waals surface area contributed by atoms with Gasteiger partial charge in [0.2, 0.25) is 0 Å². The third-order valence-corrected chi connectivity index (χ3v) is 4.10. The molecule has 7 nitrogen and oxygen atoms in total. The number of ether oxygens (including phenoxy) is 1. The lowest BCUT2D eigenvalue weighted by Crippen LogP contribution is -2.31. The molecule has 0 saturated heterocycles. The fourth-order valence-corrected chi connectivity index (χ4v) is 2.78. The quantitative estimate of drug-likeness (QED) is 0.855. The minimum absolute atomic E-state index is 0.162. The Kier molecular flexibility index (Phi) is 6.13. The molecule has 0 unspecified atom stereocenters. The van der Waals surface area contributed by atoms with Crippen LogP contribution < -0.4 is 15.5 Å². The molecule has 0 fully saturated rings. The molecule has 1 aromatic heterocycles. The average Bonchev–Trinajstić information content (AvgIpc) is 3.03. The van der Waals surface area contributed by atoms with Crippen LogP contribution in [0, 0.1) is 0 Å². The molecule has 2 aromatic rings. The fourth-order valence-electron chi connectivity index (χ4n) is 2.00. The molecule has 0 atom stereocenters. The number of anilines is 2. The molecule has 0 saturated carbocycles. The van der Waals surface area contributed by atoms with Gasteiger partial charge >= 0.3 is 6.09 Å². The van der Waals surface area contributed by atoms with Gasteiger partial charge in [0.15, 0.2) is 0 Å². The van der Waals surface area contributed by atoms with Crippen LogP contribution in [0.15, 0.2) is 35.7 Å². The maximum absolute atomic E-state index is 12.4. The molecule has 0 aliphatic carbocycles. The van der Waals surface area contributed by atoms with Gasteiger partial charge in [0.1, 0.15) is 5.00 Å². The molecule has 0 spiro atoms. The summed E-state index contributed by atoms with van der Waals surface area (Å²) < 4.78 is 4.67. The molecule has 3 amide bonds. The maximum atomic E-state index is 12.4. The summed E-state index contributed by atoms with van der Waals surface area (Å²) in [4.78, 5) is 37.7. The molecule has 0 aliphatic heterocycles. The zero-order chi connectivity index (χ0) is 18.4. The van der Waals surface area contributed by atoms with E-state index in [4.69, 9.17) is 0 Å². The Balaban J connectivity index is 2.08. The van der Waals surface area contributed by atoms with Crippen molar-refractivity contribution in [2.24, 2.45) is 0 Å². The van der Waals surface area contributed by atoms with E-state index < -0.39 is 12.0 Å². The van der Waals surface area contributed by atoms with Gasteiger partial charge < -0.3 is 15.0 Å². The Morgan fingerprint density at radius 1 is 1.08 bits per heavy atom. The Morgan fingerprint density at radius 3 is 2.36 bits per heavy atom. The Morgan fingerprint density at radius 2 is 1.76 bits per heavy atom. The Hall–Kier alpha value is -2.87. The van der Waals surface area contributed by atoms with Crippen LogP contribution in [0.2, 0.25) is 0 Å². The molecule has 8 heteroatoms. The van der Waals surface area contributed by atoms with Gasteiger partial charge in [0, 0.05) is 25.3 Å². The van der Waals surface area contributed by atoms with Crippen molar-refractivity contribution >= 4 is 39.9 Å². The third-order valence-electron chi connectivity index (χ3n) is 3.27. The van der Waals surface area contributed by atoms with Gasteiger partial charge in [-0.15, -0.1) is 11.3 Å². The molecule has 0 aliphatic rings. The SMILES string of the molecule is CCOC(=O)NC(=O)c1ccsc1NC(=O)c1ccc(N(C)C)cc1. The molecular formula is C17H19N3O4S. The summed E-state index contributed by atoms with van der Waals surface area (Å²) in [6.07, 6.45) is -0.824. The second-order valence-corrected chi connectivity index (χ2v) is 6.15. The van der Waals surface area contributed by atoms with Crippen LogP contribution >= 0.6 is 11.3 Å². The van der Waals surface area contributed by atoms with Crippen LogP contribution in [0.25, 0.3) is 0 Å². The van der Waals surface area contributed by atoms with E-state index in [1.807, 2.05) is 31.1 Å². The smallest absolute Gasteiger partial charge is 0.414 e. The minimum Gasteiger partial charge on any atom is -0.450 e. The summed E-state index contributed by atoms with van der Waals surface area (Å²) >= 11 is 1.20. The maximum Gasteiger partial charge on any atom is 0.414 e. The van der Waals surface area contributed by atoms with E-state index in [1.54, 1.807) is 24.4 Å². The van der Waals surface area contributed by atoms with Crippen molar-refractivity contribution in [2.45, 2.75) is 6.92 Å². The fraction of sp³-hybridized carbons (Fsp3) is 0.235. The number of thiophene rings is 1. The number of hydrogen-bond acceptors (Lipinski definition) is 6. The van der Waals surface area contributed by atoms with Crippen molar-refractivity contribution in [3.8, 4) is 0 Å². The van der Waals surface area contributed by atoms with Crippen molar-refractivity contribution in [1.82, 2.24) is 5.32 Å². The largest absolute Gasteiger partial charge is 0.450 e. The average molecular weight is 361 g/mol. The first-order chi connectivity index (χ1) is 11.9. The number of amides is 3. The van der Waals surface area contributed by atoms with Gasteiger partial charge in [-0.25, -0.2) is 4.79 Å². The molecular weight excluding hydrogens is 342 g/mol. The summed E-state index contributed by atoms with van der Waals surface area (Å²) in [5, 5.41) is 6.82. The number of carbonyl (C=O) groups is 3.